The van der Waals surface area contributed by atoms with Crippen LogP contribution in [0.2, 0.25) is 0 Å². The Morgan fingerprint density at radius 2 is 1.62 bits per heavy atom. The average Bonchev–Trinajstić information content (AvgIpc) is 2.96. The summed E-state index contributed by atoms with van der Waals surface area (Å²) in [4.78, 5) is 0. The van der Waals surface area contributed by atoms with Crippen LogP contribution in [0.4, 0.5) is 0 Å². The van der Waals surface area contributed by atoms with Gasteiger partial charge in [-0.2, -0.15) is 0 Å². The van der Waals surface area contributed by atoms with Gasteiger partial charge in [0.05, 0.1) is 19.3 Å². The van der Waals surface area contributed by atoms with E-state index in [2.05, 4.69) is 34.6 Å². The van der Waals surface area contributed by atoms with Gasteiger partial charge in [-0.05, 0) is 73.5 Å². The van der Waals surface area contributed by atoms with Crippen molar-refractivity contribution in [1.29, 1.82) is 0 Å². The van der Waals surface area contributed by atoms with E-state index in [1.807, 2.05) is 7.11 Å². The fourth-order valence-electron chi connectivity index (χ4n) is 8.92. The lowest BCUT2D eigenvalue weighted by Gasteiger charge is -2.64. The average molecular weight is 405 g/mol. The Balaban J connectivity index is 1.47. The van der Waals surface area contributed by atoms with Crippen LogP contribution in [0.15, 0.2) is 0 Å². The second-order valence-electron chi connectivity index (χ2n) is 12.9. The lowest BCUT2D eigenvalue weighted by Crippen LogP contribution is -2.64. The van der Waals surface area contributed by atoms with E-state index in [9.17, 15) is 0 Å². The molecule has 0 radical (unpaired) electrons. The third-order valence-corrected chi connectivity index (χ3v) is 10.6. The number of hydrogen-bond acceptors (Lipinski definition) is 3. The number of ether oxygens (including phenoxy) is 3. The molecule has 0 N–H and O–H groups in total. The van der Waals surface area contributed by atoms with E-state index in [1.165, 1.54) is 38.5 Å². The van der Waals surface area contributed by atoms with Crippen LogP contribution in [0, 0.1) is 45.8 Å². The monoisotopic (exact) mass is 404 g/mol. The van der Waals surface area contributed by atoms with Crippen molar-refractivity contribution in [3.8, 4) is 0 Å². The van der Waals surface area contributed by atoms with Gasteiger partial charge >= 0.3 is 0 Å². The molecular weight excluding hydrogens is 360 g/mol. The van der Waals surface area contributed by atoms with E-state index >= 15 is 0 Å². The second-order valence-corrected chi connectivity index (χ2v) is 12.9. The number of fused-ring (bicyclic) bond motifs is 6. The molecule has 0 aromatic carbocycles. The van der Waals surface area contributed by atoms with Crippen molar-refractivity contribution >= 4 is 0 Å². The standard InChI is InChI=1S/C26H44O3/c1-17-9-11-24(4)18(13-17)7-8-19-20-10-12-26(28-15-23(2,3)16-29-26)25(20,5)14-21(27-6)22(19)24/h17-22H,7-16H2,1-6H3/t17?,18-,19-,20-,21-,22+,24-,25-/m0/s1. The van der Waals surface area contributed by atoms with Gasteiger partial charge in [0, 0.05) is 24.4 Å². The van der Waals surface area contributed by atoms with Crippen molar-refractivity contribution in [2.24, 2.45) is 45.8 Å². The van der Waals surface area contributed by atoms with Crippen LogP contribution in [0.3, 0.4) is 0 Å². The minimum atomic E-state index is -0.381. The summed E-state index contributed by atoms with van der Waals surface area (Å²) in [7, 11) is 1.97. The van der Waals surface area contributed by atoms with Crippen molar-refractivity contribution in [1.82, 2.24) is 0 Å². The zero-order valence-electron chi connectivity index (χ0n) is 19.8. The van der Waals surface area contributed by atoms with Crippen LogP contribution in [-0.2, 0) is 14.2 Å². The van der Waals surface area contributed by atoms with Crippen molar-refractivity contribution in [2.75, 3.05) is 20.3 Å². The maximum Gasteiger partial charge on any atom is 0.173 e. The first-order chi connectivity index (χ1) is 13.6. The molecule has 1 spiro atoms. The molecule has 3 heteroatoms. The number of hydrogen-bond donors (Lipinski definition) is 0. The molecule has 5 fully saturated rings. The molecular formula is C26H44O3. The number of methoxy groups -OCH3 is 1. The van der Waals surface area contributed by atoms with Crippen molar-refractivity contribution < 1.29 is 14.2 Å². The molecule has 0 aromatic heterocycles. The van der Waals surface area contributed by atoms with E-state index in [4.69, 9.17) is 14.2 Å². The summed E-state index contributed by atoms with van der Waals surface area (Å²) in [6.45, 7) is 13.7. The summed E-state index contributed by atoms with van der Waals surface area (Å²) in [5, 5.41) is 0. The van der Waals surface area contributed by atoms with Crippen molar-refractivity contribution in [2.45, 2.75) is 97.9 Å². The Labute approximate surface area is 178 Å². The van der Waals surface area contributed by atoms with Gasteiger partial charge in [0.1, 0.15) is 0 Å². The minimum Gasteiger partial charge on any atom is -0.381 e. The summed E-state index contributed by atoms with van der Waals surface area (Å²) in [6.07, 6.45) is 10.8. The summed E-state index contributed by atoms with van der Waals surface area (Å²) < 4.78 is 19.6. The van der Waals surface area contributed by atoms with Crippen LogP contribution < -0.4 is 0 Å². The highest BCUT2D eigenvalue weighted by molar-refractivity contribution is 5.15. The van der Waals surface area contributed by atoms with E-state index in [1.54, 1.807) is 0 Å². The predicted molar refractivity (Wildman–Crippen MR) is 115 cm³/mol. The van der Waals surface area contributed by atoms with Gasteiger partial charge < -0.3 is 14.2 Å². The Bertz CT molecular complexity index is 634. The lowest BCUT2D eigenvalue weighted by atomic mass is 9.43. The highest BCUT2D eigenvalue weighted by Gasteiger charge is 2.69. The smallest absolute Gasteiger partial charge is 0.173 e. The Morgan fingerprint density at radius 3 is 2.31 bits per heavy atom. The first-order valence-corrected chi connectivity index (χ1v) is 12.4. The van der Waals surface area contributed by atoms with Crippen molar-refractivity contribution in [3.05, 3.63) is 0 Å². The van der Waals surface area contributed by atoms with Crippen LogP contribution in [-0.4, -0.2) is 32.2 Å². The van der Waals surface area contributed by atoms with E-state index in [0.717, 1.165) is 49.7 Å². The first-order valence-electron chi connectivity index (χ1n) is 12.4. The molecule has 4 aliphatic carbocycles. The molecule has 3 nitrogen and oxygen atoms in total. The van der Waals surface area contributed by atoms with Crippen LogP contribution in [0.1, 0.15) is 86.0 Å². The van der Waals surface area contributed by atoms with Gasteiger partial charge in [-0.3, -0.25) is 0 Å². The molecule has 5 rings (SSSR count). The van der Waals surface area contributed by atoms with Gasteiger partial charge in [0.15, 0.2) is 5.79 Å². The van der Waals surface area contributed by atoms with Gasteiger partial charge in [-0.25, -0.2) is 0 Å². The maximum absolute atomic E-state index is 6.65. The fourth-order valence-corrected chi connectivity index (χ4v) is 8.92. The molecule has 0 aromatic rings. The van der Waals surface area contributed by atoms with Gasteiger partial charge in [0.2, 0.25) is 0 Å². The Kier molecular flexibility index (Phi) is 4.79. The maximum atomic E-state index is 6.65. The van der Waals surface area contributed by atoms with Gasteiger partial charge in [-0.1, -0.05) is 41.0 Å². The molecule has 1 unspecified atom stereocenters. The molecule has 1 heterocycles. The van der Waals surface area contributed by atoms with Crippen LogP contribution >= 0.6 is 0 Å². The largest absolute Gasteiger partial charge is 0.381 e. The summed E-state index contributed by atoms with van der Waals surface area (Å²) >= 11 is 0. The van der Waals surface area contributed by atoms with E-state index in [0.29, 0.717) is 17.4 Å². The quantitative estimate of drug-likeness (QED) is 0.532. The third-order valence-electron chi connectivity index (χ3n) is 10.6. The van der Waals surface area contributed by atoms with E-state index < -0.39 is 0 Å². The normalized spacial score (nSPS) is 53.2. The first kappa shape index (κ1) is 20.8. The molecule has 0 bridgehead atoms. The fraction of sp³-hybridized carbons (Fsp3) is 1.00. The zero-order chi connectivity index (χ0) is 20.7. The van der Waals surface area contributed by atoms with Gasteiger partial charge in [-0.15, -0.1) is 0 Å². The third kappa shape index (κ3) is 2.85. The molecule has 1 aliphatic heterocycles. The van der Waals surface area contributed by atoms with Crippen LogP contribution in [0.5, 0.6) is 0 Å². The SMILES string of the molecule is CO[C@H]1C[C@@]2(C)[C@@H](CCC23OCC(C)(C)CO3)[C@@H]2CC[C@H]3CC(C)CC[C@]3(C)[C@H]21. The summed E-state index contributed by atoms with van der Waals surface area (Å²) in [5.74, 6) is 3.63. The van der Waals surface area contributed by atoms with Crippen molar-refractivity contribution in [3.63, 3.8) is 0 Å². The van der Waals surface area contributed by atoms with Crippen LogP contribution in [0.25, 0.3) is 0 Å². The topological polar surface area (TPSA) is 27.7 Å². The van der Waals surface area contributed by atoms with E-state index in [-0.39, 0.29) is 16.6 Å². The molecule has 166 valence electrons. The molecule has 8 atom stereocenters. The molecule has 1 saturated heterocycles. The summed E-state index contributed by atoms with van der Waals surface area (Å²) in [5.41, 5.74) is 0.668. The van der Waals surface area contributed by atoms with Gasteiger partial charge in [0.25, 0.3) is 0 Å². The second kappa shape index (κ2) is 6.69. The minimum absolute atomic E-state index is 0.0799. The molecule has 5 aliphatic rings. The highest BCUT2D eigenvalue weighted by Crippen LogP contribution is 2.70. The highest BCUT2D eigenvalue weighted by atomic mass is 16.7. The Morgan fingerprint density at radius 1 is 0.897 bits per heavy atom. The Hall–Kier alpha value is -0.120. The summed E-state index contributed by atoms with van der Waals surface area (Å²) in [6, 6.07) is 0. The number of rotatable bonds is 1. The predicted octanol–water partition coefficient (Wildman–Crippen LogP) is 6.06. The lowest BCUT2D eigenvalue weighted by molar-refractivity contribution is -0.354. The molecule has 29 heavy (non-hydrogen) atoms. The molecule has 4 saturated carbocycles. The molecule has 0 amide bonds. The zero-order valence-corrected chi connectivity index (χ0v) is 19.8.